The highest BCUT2D eigenvalue weighted by atomic mass is 79.9. The van der Waals surface area contributed by atoms with Crippen LogP contribution in [-0.2, 0) is 4.79 Å². The van der Waals surface area contributed by atoms with Crippen molar-refractivity contribution in [3.05, 3.63) is 44.9 Å². The summed E-state index contributed by atoms with van der Waals surface area (Å²) in [4.78, 5) is 21.3. The Morgan fingerprint density at radius 1 is 1.35 bits per heavy atom. The van der Waals surface area contributed by atoms with Crippen molar-refractivity contribution in [3.8, 4) is 0 Å². The van der Waals surface area contributed by atoms with E-state index in [0.717, 1.165) is 9.86 Å². The number of carbonyl (C=O) groups is 1. The lowest BCUT2D eigenvalue weighted by Gasteiger charge is -2.17. The van der Waals surface area contributed by atoms with Crippen molar-refractivity contribution in [1.29, 1.82) is 0 Å². The summed E-state index contributed by atoms with van der Waals surface area (Å²) in [5, 5.41) is 24.4. The molecule has 0 aliphatic rings. The molecule has 0 saturated carbocycles. The molecule has 0 radical (unpaired) electrons. The van der Waals surface area contributed by atoms with Crippen LogP contribution in [0, 0.1) is 10.1 Å². The van der Waals surface area contributed by atoms with E-state index in [2.05, 4.69) is 21.2 Å². The van der Waals surface area contributed by atoms with E-state index in [0.29, 0.717) is 23.9 Å². The number of halogens is 1. The fraction of sp³-hybridized carbons (Fsp3) is 0.267. The van der Waals surface area contributed by atoms with Crippen LogP contribution in [0.3, 0.4) is 0 Å². The second kappa shape index (κ2) is 7.38. The van der Waals surface area contributed by atoms with Gasteiger partial charge in [0.15, 0.2) is 0 Å². The summed E-state index contributed by atoms with van der Waals surface area (Å²) in [7, 11) is 0. The number of anilines is 1. The van der Waals surface area contributed by atoms with Crippen LogP contribution in [0.1, 0.15) is 19.3 Å². The molecule has 4 N–H and O–H groups in total. The van der Waals surface area contributed by atoms with Gasteiger partial charge in [0.05, 0.1) is 11.1 Å². The van der Waals surface area contributed by atoms with Gasteiger partial charge in [0.2, 0.25) is 0 Å². The van der Waals surface area contributed by atoms with Crippen LogP contribution in [-0.4, -0.2) is 22.2 Å². The number of nitrogens with two attached hydrogens (primary N) is 1. The van der Waals surface area contributed by atoms with Gasteiger partial charge >= 0.3 is 5.97 Å². The zero-order chi connectivity index (χ0) is 17.0. The number of aliphatic carboxylic acids is 1. The highest BCUT2D eigenvalue weighted by molar-refractivity contribution is 9.10. The summed E-state index contributed by atoms with van der Waals surface area (Å²) in [6.07, 6.45) is 0.232. The van der Waals surface area contributed by atoms with E-state index in [1.807, 2.05) is 6.07 Å². The van der Waals surface area contributed by atoms with Gasteiger partial charge in [-0.15, -0.1) is 0 Å². The first-order valence-corrected chi connectivity index (χ1v) is 7.79. The summed E-state index contributed by atoms with van der Waals surface area (Å²) in [6, 6.07) is 8.53. The Kier molecular flexibility index (Phi) is 5.51. The highest BCUT2D eigenvalue weighted by Crippen LogP contribution is 2.36. The molecule has 1 atom stereocenters. The van der Waals surface area contributed by atoms with Crippen molar-refractivity contribution in [2.75, 3.05) is 5.32 Å². The standard InChI is InChI=1S/C15H16BrN3O4/c16-11-4-1-3-10-9(11)7-8-12(19(22)23)15(10)18-13(17)5-2-6-14(20)21/h1,3-4,7-8,13,18H,2,5-6,17H2,(H,20,21). The van der Waals surface area contributed by atoms with Crippen LogP contribution in [0.25, 0.3) is 10.8 Å². The molecule has 0 spiro atoms. The first-order chi connectivity index (χ1) is 10.9. The largest absolute Gasteiger partial charge is 0.481 e. The summed E-state index contributed by atoms with van der Waals surface area (Å²) in [5.41, 5.74) is 6.23. The number of hydrogen-bond acceptors (Lipinski definition) is 5. The Morgan fingerprint density at radius 2 is 2.09 bits per heavy atom. The maximum absolute atomic E-state index is 11.3. The van der Waals surface area contributed by atoms with Gasteiger partial charge < -0.3 is 16.2 Å². The predicted octanol–water partition coefficient (Wildman–Crippen LogP) is 3.46. The monoisotopic (exact) mass is 381 g/mol. The topological polar surface area (TPSA) is 118 Å². The van der Waals surface area contributed by atoms with Crippen molar-refractivity contribution in [1.82, 2.24) is 0 Å². The number of nitrogens with one attached hydrogen (secondary N) is 1. The maximum Gasteiger partial charge on any atom is 0.303 e. The number of fused-ring (bicyclic) bond motifs is 1. The zero-order valence-corrected chi connectivity index (χ0v) is 13.7. The van der Waals surface area contributed by atoms with Crippen LogP contribution >= 0.6 is 15.9 Å². The molecule has 0 amide bonds. The van der Waals surface area contributed by atoms with E-state index in [1.54, 1.807) is 18.2 Å². The van der Waals surface area contributed by atoms with E-state index < -0.39 is 17.1 Å². The molecule has 122 valence electrons. The van der Waals surface area contributed by atoms with E-state index in [-0.39, 0.29) is 12.1 Å². The zero-order valence-electron chi connectivity index (χ0n) is 12.2. The number of carboxylic acid groups (broad SMARTS) is 1. The molecular weight excluding hydrogens is 366 g/mol. The lowest BCUT2D eigenvalue weighted by molar-refractivity contribution is -0.383. The van der Waals surface area contributed by atoms with Crippen LogP contribution in [0.4, 0.5) is 11.4 Å². The number of carboxylic acids is 1. The third-order valence-electron chi connectivity index (χ3n) is 3.42. The number of rotatable bonds is 7. The minimum atomic E-state index is -0.891. The SMILES string of the molecule is NC(CCCC(=O)O)Nc1c([N+](=O)[O-])ccc2c(Br)cccc12. The molecule has 0 fully saturated rings. The maximum atomic E-state index is 11.3. The smallest absolute Gasteiger partial charge is 0.303 e. The quantitative estimate of drug-likeness (QED) is 0.383. The van der Waals surface area contributed by atoms with Gasteiger partial charge in [0.1, 0.15) is 5.69 Å². The van der Waals surface area contributed by atoms with Gasteiger partial charge in [0.25, 0.3) is 5.69 Å². The van der Waals surface area contributed by atoms with Gasteiger partial charge in [0, 0.05) is 22.3 Å². The van der Waals surface area contributed by atoms with Gasteiger partial charge in [-0.3, -0.25) is 14.9 Å². The van der Waals surface area contributed by atoms with Crippen molar-refractivity contribution in [2.45, 2.75) is 25.4 Å². The predicted molar refractivity (Wildman–Crippen MR) is 91.4 cm³/mol. The van der Waals surface area contributed by atoms with E-state index in [9.17, 15) is 14.9 Å². The third kappa shape index (κ3) is 4.17. The second-order valence-corrected chi connectivity index (χ2v) is 5.94. The highest BCUT2D eigenvalue weighted by Gasteiger charge is 2.19. The first kappa shape index (κ1) is 17.2. The van der Waals surface area contributed by atoms with Crippen LogP contribution in [0.5, 0.6) is 0 Å². The molecule has 23 heavy (non-hydrogen) atoms. The number of nitro benzene ring substituents is 1. The Balaban J connectivity index is 2.33. The van der Waals surface area contributed by atoms with Crippen LogP contribution < -0.4 is 11.1 Å². The average molecular weight is 382 g/mol. The minimum absolute atomic E-state index is 0.0125. The normalized spacial score (nSPS) is 12.1. The molecule has 0 aliphatic carbocycles. The molecule has 2 aromatic rings. The molecule has 0 aliphatic heterocycles. The molecule has 0 aromatic heterocycles. The molecule has 0 bridgehead atoms. The van der Waals surface area contributed by atoms with Crippen molar-refractivity contribution >= 4 is 44.0 Å². The number of benzene rings is 2. The van der Waals surface area contributed by atoms with E-state index in [4.69, 9.17) is 10.8 Å². The first-order valence-electron chi connectivity index (χ1n) is 6.99. The lowest BCUT2D eigenvalue weighted by Crippen LogP contribution is -2.30. The Labute approximate surface area is 140 Å². The lowest BCUT2D eigenvalue weighted by atomic mass is 10.1. The molecule has 2 rings (SSSR count). The summed E-state index contributed by atoms with van der Waals surface area (Å²) >= 11 is 3.42. The molecule has 1 unspecified atom stereocenters. The Bertz CT molecular complexity index is 751. The third-order valence-corrected chi connectivity index (χ3v) is 4.11. The van der Waals surface area contributed by atoms with E-state index >= 15 is 0 Å². The molecule has 7 nitrogen and oxygen atoms in total. The summed E-state index contributed by atoms with van der Waals surface area (Å²) < 4.78 is 0.826. The summed E-state index contributed by atoms with van der Waals surface area (Å²) in [5.74, 6) is -0.891. The molecule has 0 saturated heterocycles. The van der Waals surface area contributed by atoms with Crippen molar-refractivity contribution in [3.63, 3.8) is 0 Å². The number of nitrogens with zero attached hydrogens (tertiary/aromatic N) is 1. The van der Waals surface area contributed by atoms with Crippen LogP contribution in [0.2, 0.25) is 0 Å². The second-order valence-electron chi connectivity index (χ2n) is 5.09. The fourth-order valence-corrected chi connectivity index (χ4v) is 2.84. The van der Waals surface area contributed by atoms with E-state index in [1.165, 1.54) is 6.07 Å². The fourth-order valence-electron chi connectivity index (χ4n) is 2.34. The van der Waals surface area contributed by atoms with Crippen molar-refractivity contribution < 1.29 is 14.8 Å². The number of nitro groups is 1. The Morgan fingerprint density at radius 3 is 2.74 bits per heavy atom. The van der Waals surface area contributed by atoms with Crippen molar-refractivity contribution in [2.24, 2.45) is 5.73 Å². The molecule has 2 aromatic carbocycles. The van der Waals surface area contributed by atoms with Gasteiger partial charge in [-0.2, -0.15) is 0 Å². The number of hydrogen-bond donors (Lipinski definition) is 3. The molecular formula is C15H16BrN3O4. The van der Waals surface area contributed by atoms with Gasteiger partial charge in [-0.1, -0.05) is 28.1 Å². The van der Waals surface area contributed by atoms with Gasteiger partial charge in [-0.25, -0.2) is 0 Å². The molecule has 0 heterocycles. The summed E-state index contributed by atoms with van der Waals surface area (Å²) in [6.45, 7) is 0. The van der Waals surface area contributed by atoms with Gasteiger partial charge in [-0.05, 0) is 30.4 Å². The Hall–Kier alpha value is -2.19. The van der Waals surface area contributed by atoms with Crippen LogP contribution in [0.15, 0.2) is 34.8 Å². The molecule has 8 heteroatoms. The minimum Gasteiger partial charge on any atom is -0.481 e. The average Bonchev–Trinajstić information content (AvgIpc) is 2.47.